The molecular weight excluding hydrogens is 490 g/mol. The van der Waals surface area contributed by atoms with Crippen LogP contribution in [0, 0.1) is 5.41 Å². The second kappa shape index (κ2) is 11.5. The highest BCUT2D eigenvalue weighted by molar-refractivity contribution is 7.89. The first-order valence-corrected chi connectivity index (χ1v) is 13.7. The van der Waals surface area contributed by atoms with Crippen LogP contribution in [0.2, 0.25) is 0 Å². The van der Waals surface area contributed by atoms with Crippen molar-refractivity contribution in [2.75, 3.05) is 19.6 Å². The van der Waals surface area contributed by atoms with E-state index >= 15 is 0 Å². The van der Waals surface area contributed by atoms with E-state index in [1.54, 1.807) is 47.4 Å². The fraction of sp³-hybridized carbons (Fsp3) is 0.296. The molecule has 0 aliphatic carbocycles. The summed E-state index contributed by atoms with van der Waals surface area (Å²) in [4.78, 5) is 28.0. The maximum atomic E-state index is 13.3. The van der Waals surface area contributed by atoms with Crippen LogP contribution < -0.4 is 15.8 Å². The molecule has 0 unspecified atom stereocenters. The van der Waals surface area contributed by atoms with Crippen molar-refractivity contribution in [2.45, 2.75) is 36.6 Å². The minimum Gasteiger partial charge on any atom is -0.384 e. The van der Waals surface area contributed by atoms with Crippen molar-refractivity contribution in [3.63, 3.8) is 0 Å². The number of likely N-dealkylation sites (tertiary alicyclic amines) is 1. The molecule has 2 amide bonds. The number of hydrogen-bond donors (Lipinski definition) is 4. The number of benzene rings is 3. The van der Waals surface area contributed by atoms with Crippen LogP contribution in [0.1, 0.15) is 30.4 Å². The highest BCUT2D eigenvalue weighted by Crippen LogP contribution is 2.22. The van der Waals surface area contributed by atoms with Crippen LogP contribution >= 0.6 is 0 Å². The Morgan fingerprint density at radius 2 is 1.62 bits per heavy atom. The van der Waals surface area contributed by atoms with Gasteiger partial charge in [0.1, 0.15) is 11.9 Å². The molecule has 1 heterocycles. The van der Waals surface area contributed by atoms with Crippen molar-refractivity contribution in [3.05, 3.63) is 77.9 Å². The van der Waals surface area contributed by atoms with E-state index in [1.165, 1.54) is 6.07 Å². The average molecular weight is 522 g/mol. The predicted molar refractivity (Wildman–Crippen MR) is 143 cm³/mol. The van der Waals surface area contributed by atoms with Crippen LogP contribution in [0.4, 0.5) is 0 Å². The Hall–Kier alpha value is -3.76. The Labute approximate surface area is 216 Å². The second-order valence-corrected chi connectivity index (χ2v) is 10.9. The number of amidine groups is 1. The molecule has 1 aliphatic rings. The lowest BCUT2D eigenvalue weighted by Crippen LogP contribution is -2.52. The zero-order valence-corrected chi connectivity index (χ0v) is 21.3. The maximum Gasteiger partial charge on any atom is 0.245 e. The summed E-state index contributed by atoms with van der Waals surface area (Å²) in [6.07, 6.45) is 3.10. The maximum absolute atomic E-state index is 13.3. The smallest absolute Gasteiger partial charge is 0.245 e. The Balaban J connectivity index is 1.47. The van der Waals surface area contributed by atoms with E-state index in [4.69, 9.17) is 11.1 Å². The number of nitrogens with zero attached hydrogens (tertiary/aromatic N) is 1. The molecule has 1 atom stereocenters. The first-order chi connectivity index (χ1) is 17.7. The number of hydrogen-bond acceptors (Lipinski definition) is 5. The van der Waals surface area contributed by atoms with E-state index in [0.29, 0.717) is 24.0 Å². The molecule has 0 saturated carbocycles. The number of sulfonamides is 1. The number of amides is 2. The third kappa shape index (κ3) is 6.52. The van der Waals surface area contributed by atoms with Gasteiger partial charge in [0, 0.05) is 30.5 Å². The Morgan fingerprint density at radius 3 is 2.32 bits per heavy atom. The average Bonchev–Trinajstić information content (AvgIpc) is 2.91. The molecule has 9 nitrogen and oxygen atoms in total. The van der Waals surface area contributed by atoms with Crippen LogP contribution in [0.15, 0.2) is 71.6 Å². The third-order valence-electron chi connectivity index (χ3n) is 6.47. The first kappa shape index (κ1) is 26.3. The van der Waals surface area contributed by atoms with Crippen molar-refractivity contribution < 1.29 is 18.0 Å². The number of carbonyl (C=O) groups excluding carboxylic acids is 2. The van der Waals surface area contributed by atoms with Gasteiger partial charge >= 0.3 is 0 Å². The zero-order valence-electron chi connectivity index (χ0n) is 20.4. The van der Waals surface area contributed by atoms with Crippen molar-refractivity contribution in [3.8, 4) is 0 Å². The fourth-order valence-corrected chi connectivity index (χ4v) is 5.71. The summed E-state index contributed by atoms with van der Waals surface area (Å²) in [5.41, 5.74) is 6.88. The standard InChI is InChI=1S/C27H31N5O4S/c28-26(29)21-13-11-19(12-14-21)17-23(27(34)32-15-4-1-5-16-32)31-25(33)18-30-37(35,36)24-10-6-8-20-7-2-3-9-22(20)24/h2-3,6-14,23,30H,1,4-5,15-18H2,(H3,28,29)(H,31,33)/t23-/m0/s1. The second-order valence-electron chi connectivity index (χ2n) is 9.12. The van der Waals surface area contributed by atoms with Crippen molar-refractivity contribution in [2.24, 2.45) is 5.73 Å². The van der Waals surface area contributed by atoms with Crippen LogP contribution in [0.5, 0.6) is 0 Å². The number of nitrogens with two attached hydrogens (primary N) is 1. The summed E-state index contributed by atoms with van der Waals surface area (Å²) in [6, 6.07) is 18.2. The zero-order chi connectivity index (χ0) is 26.4. The van der Waals surface area contributed by atoms with Gasteiger partial charge in [-0.15, -0.1) is 0 Å². The van der Waals surface area contributed by atoms with Gasteiger partial charge in [-0.05, 0) is 36.3 Å². The van der Waals surface area contributed by atoms with Gasteiger partial charge in [0.2, 0.25) is 21.8 Å². The fourth-order valence-electron chi connectivity index (χ4n) is 4.50. The molecule has 0 aromatic heterocycles. The van der Waals surface area contributed by atoms with E-state index in [9.17, 15) is 18.0 Å². The lowest BCUT2D eigenvalue weighted by atomic mass is 10.0. The highest BCUT2D eigenvalue weighted by Gasteiger charge is 2.28. The summed E-state index contributed by atoms with van der Waals surface area (Å²) in [7, 11) is -3.97. The van der Waals surface area contributed by atoms with Crippen molar-refractivity contribution >= 4 is 38.4 Å². The van der Waals surface area contributed by atoms with E-state index < -0.39 is 28.5 Å². The van der Waals surface area contributed by atoms with Gasteiger partial charge < -0.3 is 16.0 Å². The number of piperidine rings is 1. The Kier molecular flexibility index (Phi) is 8.20. The molecule has 3 aromatic rings. The topological polar surface area (TPSA) is 145 Å². The SMILES string of the molecule is N=C(N)c1ccc(C[C@H](NC(=O)CNS(=O)(=O)c2cccc3ccccc23)C(=O)N2CCCCC2)cc1. The van der Waals surface area contributed by atoms with Gasteiger partial charge in [-0.3, -0.25) is 15.0 Å². The summed E-state index contributed by atoms with van der Waals surface area (Å²) in [5.74, 6) is -0.848. The molecule has 0 bridgehead atoms. The van der Waals surface area contributed by atoms with Gasteiger partial charge in [-0.25, -0.2) is 13.1 Å². The molecule has 1 fully saturated rings. The van der Waals surface area contributed by atoms with Gasteiger partial charge in [-0.2, -0.15) is 0 Å². The van der Waals surface area contributed by atoms with Gasteiger partial charge in [-0.1, -0.05) is 60.7 Å². The molecule has 0 radical (unpaired) electrons. The van der Waals surface area contributed by atoms with Crippen molar-refractivity contribution in [1.29, 1.82) is 5.41 Å². The number of nitrogens with one attached hydrogen (secondary N) is 3. The number of carbonyl (C=O) groups is 2. The molecule has 0 spiro atoms. The minimum atomic E-state index is -3.97. The largest absolute Gasteiger partial charge is 0.384 e. The van der Waals surface area contributed by atoms with E-state index in [1.807, 2.05) is 18.2 Å². The first-order valence-electron chi connectivity index (χ1n) is 12.2. The van der Waals surface area contributed by atoms with Crippen LogP contribution in [-0.4, -0.2) is 56.6 Å². The molecule has 1 aliphatic heterocycles. The molecule has 1 saturated heterocycles. The number of fused-ring (bicyclic) bond motifs is 1. The van der Waals surface area contributed by atoms with Crippen LogP contribution in [0.3, 0.4) is 0 Å². The lowest BCUT2D eigenvalue weighted by molar-refractivity contribution is -0.137. The quantitative estimate of drug-likeness (QED) is 0.252. The van der Waals surface area contributed by atoms with Crippen LogP contribution in [-0.2, 0) is 26.0 Å². The highest BCUT2D eigenvalue weighted by atomic mass is 32.2. The van der Waals surface area contributed by atoms with E-state index in [0.717, 1.165) is 30.2 Å². The summed E-state index contributed by atoms with van der Waals surface area (Å²) < 4.78 is 28.4. The number of rotatable bonds is 9. The van der Waals surface area contributed by atoms with Crippen molar-refractivity contribution in [1.82, 2.24) is 14.9 Å². The molecule has 194 valence electrons. The molecule has 37 heavy (non-hydrogen) atoms. The lowest BCUT2D eigenvalue weighted by Gasteiger charge is -2.31. The normalized spacial score (nSPS) is 14.8. The van der Waals surface area contributed by atoms with Gasteiger partial charge in [0.15, 0.2) is 0 Å². The monoisotopic (exact) mass is 521 g/mol. The summed E-state index contributed by atoms with van der Waals surface area (Å²) in [5, 5.41) is 11.6. The Bertz CT molecular complexity index is 1390. The minimum absolute atomic E-state index is 0.0562. The third-order valence-corrected chi connectivity index (χ3v) is 7.93. The molecule has 3 aromatic carbocycles. The Morgan fingerprint density at radius 1 is 0.946 bits per heavy atom. The van der Waals surface area contributed by atoms with Gasteiger partial charge in [0.05, 0.1) is 11.4 Å². The van der Waals surface area contributed by atoms with Crippen LogP contribution in [0.25, 0.3) is 10.8 Å². The molecule has 10 heteroatoms. The molecule has 5 N–H and O–H groups in total. The van der Waals surface area contributed by atoms with Gasteiger partial charge in [0.25, 0.3) is 0 Å². The van der Waals surface area contributed by atoms with E-state index in [-0.39, 0.29) is 23.1 Å². The predicted octanol–water partition coefficient (Wildman–Crippen LogP) is 2.14. The molecular formula is C27H31N5O4S. The van der Waals surface area contributed by atoms with E-state index in [2.05, 4.69) is 10.0 Å². The summed E-state index contributed by atoms with van der Waals surface area (Å²) >= 11 is 0. The summed E-state index contributed by atoms with van der Waals surface area (Å²) in [6.45, 7) is 0.753. The molecule has 4 rings (SSSR count). The number of nitrogen functional groups attached to an aromatic ring is 1.